The molecule has 0 saturated carbocycles. The third-order valence-electron chi connectivity index (χ3n) is 3.31. The van der Waals surface area contributed by atoms with Crippen LogP contribution in [0, 0.1) is 6.92 Å². The summed E-state index contributed by atoms with van der Waals surface area (Å²) in [5, 5.41) is 4.86. The molecule has 5 nitrogen and oxygen atoms in total. The Kier molecular flexibility index (Phi) is 6.06. The summed E-state index contributed by atoms with van der Waals surface area (Å²) in [7, 11) is 3.05. The summed E-state index contributed by atoms with van der Waals surface area (Å²) in [6, 6.07) is 8.32. The number of carbonyl (C=O) groups is 1. The maximum Gasteiger partial charge on any atom is 0.271 e. The maximum absolute atomic E-state index is 12.0. The second-order valence-corrected chi connectivity index (χ2v) is 5.71. The van der Waals surface area contributed by atoms with Gasteiger partial charge in [0.25, 0.3) is 5.91 Å². The average molecular weight is 367 g/mol. The molecule has 24 heavy (non-hydrogen) atoms. The second kappa shape index (κ2) is 8.04. The molecular formula is C17H16Cl2N2O3. The Labute approximate surface area is 150 Å². The number of benzene rings is 2. The van der Waals surface area contributed by atoms with Gasteiger partial charge in [0.2, 0.25) is 0 Å². The van der Waals surface area contributed by atoms with Crippen LogP contribution >= 0.6 is 23.2 Å². The van der Waals surface area contributed by atoms with Crippen molar-refractivity contribution < 1.29 is 14.3 Å². The van der Waals surface area contributed by atoms with Crippen molar-refractivity contribution in [1.29, 1.82) is 0 Å². The van der Waals surface area contributed by atoms with E-state index in [1.54, 1.807) is 30.3 Å². The van der Waals surface area contributed by atoms with Crippen molar-refractivity contribution in [2.45, 2.75) is 6.92 Å². The van der Waals surface area contributed by atoms with Crippen LogP contribution in [0.15, 0.2) is 35.4 Å². The average Bonchev–Trinajstić information content (AvgIpc) is 2.58. The number of carbonyl (C=O) groups excluding carboxylic acids is 1. The summed E-state index contributed by atoms with van der Waals surface area (Å²) >= 11 is 12.2. The number of ether oxygens (including phenoxy) is 2. The lowest BCUT2D eigenvalue weighted by molar-refractivity contribution is 0.0955. The van der Waals surface area contributed by atoms with Crippen LogP contribution in [0.2, 0.25) is 10.0 Å². The largest absolute Gasteiger partial charge is 0.493 e. The van der Waals surface area contributed by atoms with Crippen LogP contribution in [0.3, 0.4) is 0 Å². The fraction of sp³-hybridized carbons (Fsp3) is 0.176. The minimum Gasteiger partial charge on any atom is -0.493 e. The van der Waals surface area contributed by atoms with Crippen molar-refractivity contribution >= 4 is 35.3 Å². The van der Waals surface area contributed by atoms with E-state index in [-0.39, 0.29) is 5.91 Å². The number of hydrogen-bond donors (Lipinski definition) is 1. The van der Waals surface area contributed by atoms with Gasteiger partial charge in [0, 0.05) is 22.2 Å². The van der Waals surface area contributed by atoms with E-state index in [0.29, 0.717) is 32.7 Å². The van der Waals surface area contributed by atoms with Crippen LogP contribution in [-0.4, -0.2) is 26.3 Å². The van der Waals surface area contributed by atoms with Gasteiger partial charge in [-0.25, -0.2) is 5.43 Å². The van der Waals surface area contributed by atoms with Gasteiger partial charge in [0.05, 0.1) is 25.5 Å². The summed E-state index contributed by atoms with van der Waals surface area (Å²) in [4.78, 5) is 12.0. The first-order chi connectivity index (χ1) is 11.5. The molecule has 0 radical (unpaired) electrons. The molecule has 0 aromatic heterocycles. The van der Waals surface area contributed by atoms with Gasteiger partial charge in [0.1, 0.15) is 0 Å². The van der Waals surface area contributed by atoms with E-state index in [1.807, 2.05) is 6.92 Å². The zero-order valence-electron chi connectivity index (χ0n) is 13.4. The molecule has 2 aromatic carbocycles. The molecule has 0 unspecified atom stereocenters. The first-order valence-corrected chi connectivity index (χ1v) is 7.73. The Hall–Kier alpha value is -2.24. The highest BCUT2D eigenvalue weighted by Gasteiger charge is 2.09. The van der Waals surface area contributed by atoms with Crippen LogP contribution in [0.4, 0.5) is 0 Å². The zero-order chi connectivity index (χ0) is 17.7. The van der Waals surface area contributed by atoms with Crippen molar-refractivity contribution in [3.63, 3.8) is 0 Å². The van der Waals surface area contributed by atoms with Crippen LogP contribution < -0.4 is 14.9 Å². The molecule has 0 bridgehead atoms. The highest BCUT2D eigenvalue weighted by molar-refractivity contribution is 6.33. The topological polar surface area (TPSA) is 59.9 Å². The second-order valence-electron chi connectivity index (χ2n) is 4.89. The van der Waals surface area contributed by atoms with Crippen LogP contribution in [0.5, 0.6) is 11.5 Å². The minimum atomic E-state index is -0.371. The summed E-state index contributed by atoms with van der Waals surface area (Å²) in [5.41, 5.74) is 4.32. The third-order valence-corrected chi connectivity index (χ3v) is 4.04. The number of nitrogens with one attached hydrogen (secondary N) is 1. The highest BCUT2D eigenvalue weighted by Crippen LogP contribution is 2.32. The summed E-state index contributed by atoms with van der Waals surface area (Å²) in [6.45, 7) is 1.86. The van der Waals surface area contributed by atoms with Gasteiger partial charge in [-0.05, 0) is 30.7 Å². The monoisotopic (exact) mass is 366 g/mol. The molecule has 126 valence electrons. The van der Waals surface area contributed by atoms with E-state index in [9.17, 15) is 4.79 Å². The molecule has 0 heterocycles. The number of rotatable bonds is 5. The summed E-state index contributed by atoms with van der Waals surface area (Å²) in [6.07, 6.45) is 1.43. The van der Waals surface area contributed by atoms with Crippen LogP contribution in [0.25, 0.3) is 0 Å². The molecule has 2 rings (SSSR count). The fourth-order valence-electron chi connectivity index (χ4n) is 1.93. The van der Waals surface area contributed by atoms with Gasteiger partial charge in [0.15, 0.2) is 11.5 Å². The smallest absolute Gasteiger partial charge is 0.271 e. The van der Waals surface area contributed by atoms with Gasteiger partial charge in [-0.3, -0.25) is 4.79 Å². The van der Waals surface area contributed by atoms with Crippen LogP contribution in [-0.2, 0) is 0 Å². The first-order valence-electron chi connectivity index (χ1n) is 6.97. The molecule has 0 spiro atoms. The predicted octanol–water partition coefficient (Wildman–Crippen LogP) is 4.08. The first kappa shape index (κ1) is 18.1. The van der Waals surface area contributed by atoms with E-state index in [0.717, 1.165) is 5.56 Å². The standard InChI is InChI=1S/C17H16Cl2N2O3/c1-10-4-5-11(6-13(10)18)17(22)21-20-9-12-7-15(23-2)16(24-3)8-14(12)19/h4-9H,1-3H3,(H,21,22)/b20-9-. The third kappa shape index (κ3) is 4.19. The molecule has 0 atom stereocenters. The van der Waals surface area contributed by atoms with Crippen molar-refractivity contribution in [1.82, 2.24) is 5.43 Å². The Bertz CT molecular complexity index is 792. The van der Waals surface area contributed by atoms with E-state index in [4.69, 9.17) is 32.7 Å². The maximum atomic E-state index is 12.0. The molecule has 0 aliphatic carbocycles. The number of hydrogen-bond acceptors (Lipinski definition) is 4. The molecule has 0 aliphatic heterocycles. The number of hydrazone groups is 1. The van der Waals surface area contributed by atoms with E-state index < -0.39 is 0 Å². The molecule has 0 saturated heterocycles. The number of halogens is 2. The van der Waals surface area contributed by atoms with Gasteiger partial charge >= 0.3 is 0 Å². The lowest BCUT2D eigenvalue weighted by atomic mass is 10.1. The number of aryl methyl sites for hydroxylation is 1. The number of amides is 1. The predicted molar refractivity (Wildman–Crippen MR) is 95.8 cm³/mol. The fourth-order valence-corrected chi connectivity index (χ4v) is 2.31. The number of methoxy groups -OCH3 is 2. The van der Waals surface area contributed by atoms with Crippen molar-refractivity contribution in [3.8, 4) is 11.5 Å². The van der Waals surface area contributed by atoms with Gasteiger partial charge in [-0.2, -0.15) is 5.10 Å². The summed E-state index contributed by atoms with van der Waals surface area (Å²) in [5.74, 6) is 0.655. The zero-order valence-corrected chi connectivity index (χ0v) is 14.9. The lowest BCUT2D eigenvalue weighted by Crippen LogP contribution is -2.17. The van der Waals surface area contributed by atoms with Crippen molar-refractivity contribution in [2.75, 3.05) is 14.2 Å². The van der Waals surface area contributed by atoms with Crippen molar-refractivity contribution in [2.24, 2.45) is 5.10 Å². The minimum absolute atomic E-state index is 0.371. The lowest BCUT2D eigenvalue weighted by Gasteiger charge is -2.09. The van der Waals surface area contributed by atoms with E-state index >= 15 is 0 Å². The highest BCUT2D eigenvalue weighted by atomic mass is 35.5. The molecule has 1 N–H and O–H groups in total. The number of nitrogens with zero attached hydrogens (tertiary/aromatic N) is 1. The van der Waals surface area contributed by atoms with E-state index in [2.05, 4.69) is 10.5 Å². The van der Waals surface area contributed by atoms with Gasteiger partial charge in [-0.15, -0.1) is 0 Å². The molecule has 0 aliphatic rings. The molecule has 7 heteroatoms. The van der Waals surface area contributed by atoms with Gasteiger partial charge in [-0.1, -0.05) is 29.3 Å². The Balaban J connectivity index is 2.13. The van der Waals surface area contributed by atoms with Crippen LogP contribution in [0.1, 0.15) is 21.5 Å². The Morgan fingerprint density at radius 1 is 1.08 bits per heavy atom. The van der Waals surface area contributed by atoms with Crippen molar-refractivity contribution in [3.05, 3.63) is 57.1 Å². The van der Waals surface area contributed by atoms with E-state index in [1.165, 1.54) is 20.4 Å². The summed E-state index contributed by atoms with van der Waals surface area (Å²) < 4.78 is 10.4. The van der Waals surface area contributed by atoms with Gasteiger partial charge < -0.3 is 9.47 Å². The molecule has 1 amide bonds. The molecule has 2 aromatic rings. The SMILES string of the molecule is COc1cc(Cl)c(/C=N\NC(=O)c2ccc(C)c(Cl)c2)cc1OC. The quantitative estimate of drug-likeness (QED) is 0.640. The Morgan fingerprint density at radius 3 is 2.38 bits per heavy atom. The Morgan fingerprint density at radius 2 is 1.75 bits per heavy atom. The normalized spacial score (nSPS) is 10.7. The molecule has 0 fully saturated rings. The molecular weight excluding hydrogens is 351 g/mol.